The maximum Gasteiger partial charge on any atom is 0.295 e. The van der Waals surface area contributed by atoms with Gasteiger partial charge in [-0.05, 0) is 24.3 Å². The van der Waals surface area contributed by atoms with Crippen LogP contribution >= 0.6 is 0 Å². The SMILES string of the molecule is O=S(=O)(O)c1cccc2c(S(=O)(=O)Nc3ccccc3)cccc12. The largest absolute Gasteiger partial charge is 0.295 e. The van der Waals surface area contributed by atoms with Gasteiger partial charge < -0.3 is 0 Å². The second-order valence-corrected chi connectivity index (χ2v) is 8.09. The van der Waals surface area contributed by atoms with E-state index in [4.69, 9.17) is 0 Å². The van der Waals surface area contributed by atoms with Gasteiger partial charge in [-0.25, -0.2) is 8.42 Å². The van der Waals surface area contributed by atoms with E-state index >= 15 is 0 Å². The van der Waals surface area contributed by atoms with Gasteiger partial charge in [-0.2, -0.15) is 8.42 Å². The molecule has 0 fully saturated rings. The number of nitrogens with one attached hydrogen (secondary N) is 1. The Hall–Kier alpha value is -2.42. The molecule has 124 valence electrons. The van der Waals surface area contributed by atoms with Crippen molar-refractivity contribution in [3.63, 3.8) is 0 Å². The van der Waals surface area contributed by atoms with Gasteiger partial charge in [0.2, 0.25) is 0 Å². The van der Waals surface area contributed by atoms with Gasteiger partial charge in [0, 0.05) is 16.5 Å². The molecule has 3 aromatic rings. The number of anilines is 1. The second-order valence-electron chi connectivity index (χ2n) is 5.05. The van der Waals surface area contributed by atoms with Crippen LogP contribution in [-0.2, 0) is 20.1 Å². The smallest absolute Gasteiger partial charge is 0.282 e. The summed E-state index contributed by atoms with van der Waals surface area (Å²) >= 11 is 0. The monoisotopic (exact) mass is 363 g/mol. The van der Waals surface area contributed by atoms with Crippen LogP contribution in [0.3, 0.4) is 0 Å². The Morgan fingerprint density at radius 1 is 0.667 bits per heavy atom. The Bertz CT molecular complexity index is 1110. The van der Waals surface area contributed by atoms with E-state index in [9.17, 15) is 21.4 Å². The van der Waals surface area contributed by atoms with E-state index in [1.54, 1.807) is 30.3 Å². The second kappa shape index (κ2) is 5.90. The molecule has 0 aliphatic rings. The molecule has 0 spiro atoms. The van der Waals surface area contributed by atoms with Crippen molar-refractivity contribution >= 4 is 36.6 Å². The van der Waals surface area contributed by atoms with Gasteiger partial charge in [0.25, 0.3) is 20.1 Å². The quantitative estimate of drug-likeness (QED) is 0.694. The van der Waals surface area contributed by atoms with E-state index in [2.05, 4.69) is 4.72 Å². The number of para-hydroxylation sites is 1. The van der Waals surface area contributed by atoms with Crippen LogP contribution in [0, 0.1) is 0 Å². The highest BCUT2D eigenvalue weighted by Crippen LogP contribution is 2.29. The highest BCUT2D eigenvalue weighted by Gasteiger charge is 2.21. The molecule has 8 heteroatoms. The van der Waals surface area contributed by atoms with Gasteiger partial charge in [0.1, 0.15) is 4.90 Å². The van der Waals surface area contributed by atoms with E-state index in [0.717, 1.165) is 0 Å². The van der Waals surface area contributed by atoms with Crippen molar-refractivity contribution < 1.29 is 21.4 Å². The average molecular weight is 363 g/mol. The zero-order valence-corrected chi connectivity index (χ0v) is 13.9. The zero-order chi connectivity index (χ0) is 17.4. The van der Waals surface area contributed by atoms with Gasteiger partial charge in [0.15, 0.2) is 0 Å². The number of sulfonamides is 1. The van der Waals surface area contributed by atoms with Gasteiger partial charge in [-0.15, -0.1) is 0 Å². The molecule has 0 unspecified atom stereocenters. The molecule has 0 saturated carbocycles. The van der Waals surface area contributed by atoms with Crippen molar-refractivity contribution in [1.82, 2.24) is 0 Å². The fourth-order valence-corrected chi connectivity index (χ4v) is 4.42. The lowest BCUT2D eigenvalue weighted by molar-refractivity contribution is 0.484. The number of hydrogen-bond donors (Lipinski definition) is 2. The maximum atomic E-state index is 12.7. The molecule has 0 atom stereocenters. The van der Waals surface area contributed by atoms with Crippen molar-refractivity contribution in [2.24, 2.45) is 0 Å². The van der Waals surface area contributed by atoms with E-state index in [-0.39, 0.29) is 20.6 Å². The van der Waals surface area contributed by atoms with E-state index < -0.39 is 20.1 Å². The van der Waals surface area contributed by atoms with Crippen LogP contribution in [0.1, 0.15) is 0 Å². The molecule has 0 heterocycles. The Labute approximate surface area is 139 Å². The summed E-state index contributed by atoms with van der Waals surface area (Å²) in [6.45, 7) is 0. The molecule has 0 aromatic heterocycles. The third kappa shape index (κ3) is 3.12. The van der Waals surface area contributed by atoms with Crippen LogP contribution in [0.25, 0.3) is 10.8 Å². The van der Waals surface area contributed by atoms with Crippen molar-refractivity contribution in [1.29, 1.82) is 0 Å². The lowest BCUT2D eigenvalue weighted by atomic mass is 10.1. The first-order valence-corrected chi connectivity index (χ1v) is 9.78. The molecular formula is C16H13NO5S2. The molecule has 3 rings (SSSR count). The third-order valence-corrected chi connectivity index (χ3v) is 5.79. The lowest BCUT2D eigenvalue weighted by Crippen LogP contribution is -2.13. The van der Waals surface area contributed by atoms with Crippen molar-refractivity contribution in [3.8, 4) is 0 Å². The average Bonchev–Trinajstić information content (AvgIpc) is 2.53. The molecule has 3 aromatic carbocycles. The standard InChI is InChI=1S/C16H13NO5S2/c18-23(19,17-12-6-2-1-3-7-12)15-10-4-9-14-13(15)8-5-11-16(14)24(20,21)22/h1-11,17H,(H,20,21,22). The predicted octanol–water partition coefficient (Wildman–Crippen LogP) is 2.89. The Balaban J connectivity index is 2.20. The van der Waals surface area contributed by atoms with Crippen molar-refractivity contribution in [3.05, 3.63) is 66.7 Å². The van der Waals surface area contributed by atoms with Crippen LogP contribution in [0.15, 0.2) is 76.5 Å². The van der Waals surface area contributed by atoms with Crippen LogP contribution in [-0.4, -0.2) is 21.4 Å². The minimum Gasteiger partial charge on any atom is -0.282 e. The van der Waals surface area contributed by atoms with Gasteiger partial charge in [-0.3, -0.25) is 9.27 Å². The summed E-state index contributed by atoms with van der Waals surface area (Å²) in [7, 11) is -8.39. The topological polar surface area (TPSA) is 101 Å². The minimum absolute atomic E-state index is 0.0747. The Morgan fingerprint density at radius 3 is 1.79 bits per heavy atom. The molecule has 2 N–H and O–H groups in total. The normalized spacial score (nSPS) is 12.2. The molecule has 0 saturated heterocycles. The molecule has 0 amide bonds. The Morgan fingerprint density at radius 2 is 1.21 bits per heavy atom. The summed E-state index contributed by atoms with van der Waals surface area (Å²) in [5.74, 6) is 0. The van der Waals surface area contributed by atoms with Gasteiger partial charge in [-0.1, -0.05) is 42.5 Å². The van der Waals surface area contributed by atoms with Crippen LogP contribution < -0.4 is 4.72 Å². The molecule has 0 bridgehead atoms. The van der Waals surface area contributed by atoms with Crippen molar-refractivity contribution in [2.45, 2.75) is 9.79 Å². The minimum atomic E-state index is -4.47. The maximum absolute atomic E-state index is 12.7. The molecule has 0 aliphatic carbocycles. The molecule has 6 nitrogen and oxygen atoms in total. The van der Waals surface area contributed by atoms with Gasteiger partial charge >= 0.3 is 0 Å². The third-order valence-electron chi connectivity index (χ3n) is 3.44. The lowest BCUT2D eigenvalue weighted by Gasteiger charge is -2.11. The number of fused-ring (bicyclic) bond motifs is 1. The fourth-order valence-electron chi connectivity index (χ4n) is 2.43. The number of rotatable bonds is 4. The summed E-state index contributed by atoms with van der Waals surface area (Å²) in [6.07, 6.45) is 0. The first kappa shape index (κ1) is 16.4. The van der Waals surface area contributed by atoms with Crippen molar-refractivity contribution in [2.75, 3.05) is 4.72 Å². The van der Waals surface area contributed by atoms with E-state index in [1.807, 2.05) is 0 Å². The van der Waals surface area contributed by atoms with E-state index in [0.29, 0.717) is 5.69 Å². The molecule has 24 heavy (non-hydrogen) atoms. The fraction of sp³-hybridized carbons (Fsp3) is 0. The summed E-state index contributed by atoms with van der Waals surface area (Å²) in [5, 5.41) is 0.340. The Kier molecular flexibility index (Phi) is 4.04. The predicted molar refractivity (Wildman–Crippen MR) is 91.0 cm³/mol. The first-order chi connectivity index (χ1) is 11.3. The highest BCUT2D eigenvalue weighted by molar-refractivity contribution is 7.93. The number of hydrogen-bond acceptors (Lipinski definition) is 4. The molecule has 0 radical (unpaired) electrons. The first-order valence-electron chi connectivity index (χ1n) is 6.86. The summed E-state index contributed by atoms with van der Waals surface area (Å²) in [5.41, 5.74) is 0.389. The molecular weight excluding hydrogens is 350 g/mol. The molecule has 0 aliphatic heterocycles. The van der Waals surface area contributed by atoms with Crippen LogP contribution in [0.5, 0.6) is 0 Å². The zero-order valence-electron chi connectivity index (χ0n) is 12.2. The van der Waals surface area contributed by atoms with E-state index in [1.165, 1.54) is 36.4 Å². The number of benzene rings is 3. The van der Waals surface area contributed by atoms with Gasteiger partial charge in [0.05, 0.1) is 4.90 Å². The van der Waals surface area contributed by atoms with Crippen LogP contribution in [0.4, 0.5) is 5.69 Å². The summed E-state index contributed by atoms with van der Waals surface area (Å²) in [4.78, 5) is -0.411. The van der Waals surface area contributed by atoms with Crippen LogP contribution in [0.2, 0.25) is 0 Å². The summed E-state index contributed by atoms with van der Waals surface area (Å²) < 4.78 is 60.1. The summed E-state index contributed by atoms with van der Waals surface area (Å²) in [6, 6.07) is 16.7. The highest BCUT2D eigenvalue weighted by atomic mass is 32.2.